The maximum atomic E-state index is 12.3. The first-order valence-electron chi connectivity index (χ1n) is 6.73. The Kier molecular flexibility index (Phi) is 4.98. The van der Waals surface area contributed by atoms with Crippen molar-refractivity contribution in [3.05, 3.63) is 59.7 Å². The van der Waals surface area contributed by atoms with E-state index < -0.39 is 15.9 Å². The van der Waals surface area contributed by atoms with Crippen LogP contribution in [0.1, 0.15) is 15.9 Å². The highest BCUT2D eigenvalue weighted by molar-refractivity contribution is 7.92. The number of rotatable bonds is 5. The van der Waals surface area contributed by atoms with Crippen molar-refractivity contribution in [2.75, 3.05) is 16.3 Å². The topological polar surface area (TPSA) is 99.1 Å². The number of nitrogens with zero attached hydrogens (tertiary/aromatic N) is 1. The molecule has 0 heterocycles. The second-order valence-corrected chi connectivity index (χ2v) is 6.65. The molecule has 0 aliphatic carbocycles. The van der Waals surface area contributed by atoms with E-state index in [0.29, 0.717) is 12.1 Å². The van der Waals surface area contributed by atoms with Crippen molar-refractivity contribution in [1.82, 2.24) is 0 Å². The highest BCUT2D eigenvalue weighted by Crippen LogP contribution is 2.18. The molecule has 0 atom stereocenters. The Labute approximate surface area is 134 Å². The summed E-state index contributed by atoms with van der Waals surface area (Å²) in [4.78, 5) is 12.3. The monoisotopic (exact) mass is 329 g/mol. The number of anilines is 2. The van der Waals surface area contributed by atoms with E-state index in [4.69, 9.17) is 5.26 Å². The number of para-hydroxylation sites is 1. The summed E-state index contributed by atoms with van der Waals surface area (Å²) in [5.41, 5.74) is 1.85. The van der Waals surface area contributed by atoms with Gasteiger partial charge in [0.25, 0.3) is 5.91 Å². The predicted molar refractivity (Wildman–Crippen MR) is 88.6 cm³/mol. The molecule has 0 saturated heterocycles. The first-order valence-corrected chi connectivity index (χ1v) is 8.62. The zero-order valence-corrected chi connectivity index (χ0v) is 13.2. The largest absolute Gasteiger partial charge is 0.322 e. The molecular weight excluding hydrogens is 314 g/mol. The van der Waals surface area contributed by atoms with Crippen LogP contribution in [0, 0.1) is 11.3 Å². The van der Waals surface area contributed by atoms with E-state index in [1.807, 2.05) is 6.07 Å². The lowest BCUT2D eigenvalue weighted by molar-refractivity contribution is 0.102. The van der Waals surface area contributed by atoms with Crippen LogP contribution in [0.25, 0.3) is 0 Å². The standard InChI is InChI=1S/C16H15N3O3S/c1-23(21,22)19-15-5-3-2-4-14(15)16(20)18-13-8-6-12(7-9-13)10-11-17/h2-9,19H,10H2,1H3,(H,18,20). The summed E-state index contributed by atoms with van der Waals surface area (Å²) in [6, 6.07) is 15.3. The molecule has 0 unspecified atom stereocenters. The normalized spacial score (nSPS) is 10.6. The van der Waals surface area contributed by atoms with E-state index in [2.05, 4.69) is 10.0 Å². The number of benzene rings is 2. The molecule has 0 aliphatic rings. The molecule has 6 nitrogen and oxygen atoms in total. The molecule has 2 N–H and O–H groups in total. The summed E-state index contributed by atoms with van der Waals surface area (Å²) in [7, 11) is -3.48. The third-order valence-electron chi connectivity index (χ3n) is 2.96. The number of hydrogen-bond acceptors (Lipinski definition) is 4. The summed E-state index contributed by atoms with van der Waals surface area (Å²) in [6.45, 7) is 0. The van der Waals surface area contributed by atoms with Crippen LogP contribution >= 0.6 is 0 Å². The molecule has 2 rings (SSSR count). The minimum atomic E-state index is -3.48. The Morgan fingerprint density at radius 2 is 1.78 bits per heavy atom. The van der Waals surface area contributed by atoms with Gasteiger partial charge in [0.1, 0.15) is 0 Å². The Morgan fingerprint density at radius 3 is 2.39 bits per heavy atom. The number of carbonyl (C=O) groups excluding carboxylic acids is 1. The van der Waals surface area contributed by atoms with Gasteiger partial charge in [-0.3, -0.25) is 9.52 Å². The van der Waals surface area contributed by atoms with Crippen LogP contribution in [0.3, 0.4) is 0 Å². The van der Waals surface area contributed by atoms with Crippen molar-refractivity contribution in [2.24, 2.45) is 0 Å². The lowest BCUT2D eigenvalue weighted by Gasteiger charge is -2.11. The number of sulfonamides is 1. The molecule has 2 aromatic rings. The molecular formula is C16H15N3O3S. The Balaban J connectivity index is 2.19. The molecule has 0 radical (unpaired) electrons. The van der Waals surface area contributed by atoms with Gasteiger partial charge in [0.05, 0.1) is 30.0 Å². The van der Waals surface area contributed by atoms with Crippen LogP contribution in [0.4, 0.5) is 11.4 Å². The fourth-order valence-corrected chi connectivity index (χ4v) is 2.54. The van der Waals surface area contributed by atoms with Crippen molar-refractivity contribution < 1.29 is 13.2 Å². The number of nitriles is 1. The van der Waals surface area contributed by atoms with Crippen molar-refractivity contribution in [3.63, 3.8) is 0 Å². The second-order valence-electron chi connectivity index (χ2n) is 4.91. The molecule has 0 aromatic heterocycles. The SMILES string of the molecule is CS(=O)(=O)Nc1ccccc1C(=O)Nc1ccc(CC#N)cc1. The minimum Gasteiger partial charge on any atom is -0.322 e. The van der Waals surface area contributed by atoms with Gasteiger partial charge < -0.3 is 5.32 Å². The average Bonchev–Trinajstić information content (AvgIpc) is 2.48. The Hall–Kier alpha value is -2.85. The van der Waals surface area contributed by atoms with Crippen molar-refractivity contribution in [1.29, 1.82) is 5.26 Å². The summed E-state index contributed by atoms with van der Waals surface area (Å²) >= 11 is 0. The fourth-order valence-electron chi connectivity index (χ4n) is 1.97. The molecule has 0 aliphatic heterocycles. The number of carbonyl (C=O) groups is 1. The molecule has 0 spiro atoms. The van der Waals surface area contributed by atoms with E-state index in [1.165, 1.54) is 12.1 Å². The highest BCUT2D eigenvalue weighted by Gasteiger charge is 2.13. The Bertz CT molecular complexity index is 853. The maximum Gasteiger partial charge on any atom is 0.257 e. The first-order chi connectivity index (χ1) is 10.9. The molecule has 23 heavy (non-hydrogen) atoms. The van der Waals surface area contributed by atoms with Crippen molar-refractivity contribution >= 4 is 27.3 Å². The van der Waals surface area contributed by atoms with Crippen molar-refractivity contribution in [3.8, 4) is 6.07 Å². The van der Waals surface area contributed by atoms with Gasteiger partial charge >= 0.3 is 0 Å². The van der Waals surface area contributed by atoms with Crippen LogP contribution in [0.2, 0.25) is 0 Å². The third-order valence-corrected chi connectivity index (χ3v) is 3.55. The van der Waals surface area contributed by atoms with Gasteiger partial charge in [-0.05, 0) is 29.8 Å². The van der Waals surface area contributed by atoms with Crippen LogP contribution in [-0.2, 0) is 16.4 Å². The summed E-state index contributed by atoms with van der Waals surface area (Å²) in [6.07, 6.45) is 1.32. The fraction of sp³-hybridized carbons (Fsp3) is 0.125. The first kappa shape index (κ1) is 16.5. The number of nitrogens with one attached hydrogen (secondary N) is 2. The zero-order chi connectivity index (χ0) is 16.9. The smallest absolute Gasteiger partial charge is 0.257 e. The summed E-state index contributed by atoms with van der Waals surface area (Å²) in [5, 5.41) is 11.3. The van der Waals surface area contributed by atoms with E-state index >= 15 is 0 Å². The molecule has 1 amide bonds. The number of amides is 1. The zero-order valence-electron chi connectivity index (χ0n) is 12.4. The lowest BCUT2D eigenvalue weighted by Crippen LogP contribution is -2.17. The lowest BCUT2D eigenvalue weighted by atomic mass is 10.1. The van der Waals surface area contributed by atoms with E-state index in [-0.39, 0.29) is 11.3 Å². The molecule has 0 bridgehead atoms. The van der Waals surface area contributed by atoms with Gasteiger partial charge in [0, 0.05) is 5.69 Å². The Morgan fingerprint density at radius 1 is 1.13 bits per heavy atom. The quantitative estimate of drug-likeness (QED) is 0.879. The third kappa shape index (κ3) is 4.83. The van der Waals surface area contributed by atoms with Crippen LogP contribution < -0.4 is 10.0 Å². The second kappa shape index (κ2) is 6.94. The minimum absolute atomic E-state index is 0.216. The molecule has 2 aromatic carbocycles. The summed E-state index contributed by atoms with van der Waals surface area (Å²) in [5.74, 6) is -0.426. The summed E-state index contributed by atoms with van der Waals surface area (Å²) < 4.78 is 25.0. The van der Waals surface area contributed by atoms with Crippen LogP contribution in [-0.4, -0.2) is 20.6 Å². The highest BCUT2D eigenvalue weighted by atomic mass is 32.2. The maximum absolute atomic E-state index is 12.3. The van der Waals surface area contributed by atoms with Gasteiger partial charge in [0.2, 0.25) is 10.0 Å². The van der Waals surface area contributed by atoms with E-state index in [9.17, 15) is 13.2 Å². The van der Waals surface area contributed by atoms with Gasteiger partial charge in [0.15, 0.2) is 0 Å². The molecule has 7 heteroatoms. The van der Waals surface area contributed by atoms with Gasteiger partial charge in [-0.2, -0.15) is 5.26 Å². The van der Waals surface area contributed by atoms with Crippen molar-refractivity contribution in [2.45, 2.75) is 6.42 Å². The van der Waals surface area contributed by atoms with Crippen LogP contribution in [0.15, 0.2) is 48.5 Å². The van der Waals surface area contributed by atoms with Gasteiger partial charge in [-0.25, -0.2) is 8.42 Å². The molecule has 0 fully saturated rings. The van der Waals surface area contributed by atoms with Crippen LogP contribution in [0.5, 0.6) is 0 Å². The average molecular weight is 329 g/mol. The molecule has 0 saturated carbocycles. The molecule has 118 valence electrons. The van der Waals surface area contributed by atoms with Gasteiger partial charge in [-0.1, -0.05) is 24.3 Å². The number of hydrogen-bond donors (Lipinski definition) is 2. The van der Waals surface area contributed by atoms with Gasteiger partial charge in [-0.15, -0.1) is 0 Å². The van der Waals surface area contributed by atoms with E-state index in [0.717, 1.165) is 11.8 Å². The van der Waals surface area contributed by atoms with E-state index in [1.54, 1.807) is 36.4 Å². The predicted octanol–water partition coefficient (Wildman–Crippen LogP) is 2.38.